The van der Waals surface area contributed by atoms with Crippen molar-refractivity contribution in [1.82, 2.24) is 4.90 Å². The van der Waals surface area contributed by atoms with Crippen molar-refractivity contribution in [1.29, 1.82) is 0 Å². The van der Waals surface area contributed by atoms with Crippen LogP contribution in [0.4, 0.5) is 0 Å². The van der Waals surface area contributed by atoms with E-state index < -0.39 is 5.97 Å². The summed E-state index contributed by atoms with van der Waals surface area (Å²) in [7, 11) is 0. The molecule has 1 aliphatic heterocycles. The monoisotopic (exact) mass is 185 g/mol. The van der Waals surface area contributed by atoms with Crippen LogP contribution in [-0.2, 0) is 4.79 Å². The highest BCUT2D eigenvalue weighted by molar-refractivity contribution is 5.69. The first-order valence-electron chi connectivity index (χ1n) is 5.08. The fourth-order valence-corrected chi connectivity index (χ4v) is 1.86. The number of piperidine rings is 1. The fourth-order valence-electron chi connectivity index (χ4n) is 1.86. The lowest BCUT2D eigenvalue weighted by Gasteiger charge is -2.34. The average Bonchev–Trinajstić information content (AvgIpc) is 2.08. The van der Waals surface area contributed by atoms with Gasteiger partial charge in [-0.1, -0.05) is 13.3 Å². The Bertz CT molecular complexity index is 182. The fraction of sp³-hybridized carbons (Fsp3) is 0.900. The second-order valence-electron chi connectivity index (χ2n) is 4.08. The van der Waals surface area contributed by atoms with Gasteiger partial charge >= 0.3 is 5.97 Å². The van der Waals surface area contributed by atoms with Gasteiger partial charge in [0.25, 0.3) is 0 Å². The van der Waals surface area contributed by atoms with E-state index in [1.165, 1.54) is 19.3 Å². The normalized spacial score (nSPS) is 27.1. The first kappa shape index (κ1) is 10.5. The van der Waals surface area contributed by atoms with Crippen molar-refractivity contribution >= 4 is 5.97 Å². The highest BCUT2D eigenvalue weighted by Gasteiger charge is 2.22. The van der Waals surface area contributed by atoms with Crippen LogP contribution in [0.1, 0.15) is 33.1 Å². The van der Waals surface area contributed by atoms with E-state index in [-0.39, 0.29) is 5.92 Å². The molecule has 13 heavy (non-hydrogen) atoms. The van der Waals surface area contributed by atoms with Crippen molar-refractivity contribution in [3.8, 4) is 0 Å². The Balaban J connectivity index is 2.37. The molecule has 76 valence electrons. The maximum Gasteiger partial charge on any atom is 0.307 e. The predicted molar refractivity (Wildman–Crippen MR) is 51.7 cm³/mol. The molecule has 0 spiro atoms. The lowest BCUT2D eigenvalue weighted by molar-refractivity contribution is -0.142. The molecule has 0 aliphatic carbocycles. The second kappa shape index (κ2) is 4.61. The summed E-state index contributed by atoms with van der Waals surface area (Å²) >= 11 is 0. The Labute approximate surface area is 79.7 Å². The van der Waals surface area contributed by atoms with E-state index in [0.717, 1.165) is 6.54 Å². The van der Waals surface area contributed by atoms with Crippen LogP contribution in [-0.4, -0.2) is 35.1 Å². The molecule has 3 nitrogen and oxygen atoms in total. The third-order valence-electron chi connectivity index (χ3n) is 2.87. The Kier molecular flexibility index (Phi) is 3.72. The molecule has 1 aliphatic rings. The second-order valence-corrected chi connectivity index (χ2v) is 4.08. The summed E-state index contributed by atoms with van der Waals surface area (Å²) in [4.78, 5) is 12.9. The minimum Gasteiger partial charge on any atom is -0.481 e. The predicted octanol–water partition coefficient (Wildman–Crippen LogP) is 1.58. The Morgan fingerprint density at radius 1 is 1.62 bits per heavy atom. The zero-order valence-electron chi connectivity index (χ0n) is 8.49. The van der Waals surface area contributed by atoms with Crippen LogP contribution in [0, 0.1) is 5.92 Å². The summed E-state index contributed by atoms with van der Waals surface area (Å²) in [6.07, 6.45) is 3.72. The van der Waals surface area contributed by atoms with Gasteiger partial charge in [-0.3, -0.25) is 9.69 Å². The number of hydrogen-bond acceptors (Lipinski definition) is 2. The first-order chi connectivity index (χ1) is 6.11. The lowest BCUT2D eigenvalue weighted by atomic mass is 10.0. The van der Waals surface area contributed by atoms with Crippen LogP contribution < -0.4 is 0 Å². The molecule has 3 heteroatoms. The van der Waals surface area contributed by atoms with Gasteiger partial charge in [-0.05, 0) is 26.3 Å². The van der Waals surface area contributed by atoms with Crippen molar-refractivity contribution in [2.75, 3.05) is 13.1 Å². The summed E-state index contributed by atoms with van der Waals surface area (Å²) in [6.45, 7) is 5.74. The van der Waals surface area contributed by atoms with Crippen LogP contribution in [0.25, 0.3) is 0 Å². The highest BCUT2D eigenvalue weighted by Crippen LogP contribution is 2.17. The van der Waals surface area contributed by atoms with Gasteiger partial charge in [0.15, 0.2) is 0 Å². The van der Waals surface area contributed by atoms with Gasteiger partial charge in [0.2, 0.25) is 0 Å². The molecule has 1 fully saturated rings. The highest BCUT2D eigenvalue weighted by atomic mass is 16.4. The number of aliphatic carboxylic acids is 1. The summed E-state index contributed by atoms with van der Waals surface area (Å²) in [5, 5.41) is 8.77. The van der Waals surface area contributed by atoms with E-state index >= 15 is 0 Å². The lowest BCUT2D eigenvalue weighted by Crippen LogP contribution is -2.41. The standard InChI is InChI=1S/C10H19NO2/c1-8(10(12)13)7-11-6-4-3-5-9(11)2/h8-9H,3-7H2,1-2H3,(H,12,13). The van der Waals surface area contributed by atoms with E-state index in [0.29, 0.717) is 12.6 Å². The number of likely N-dealkylation sites (tertiary alicyclic amines) is 1. The van der Waals surface area contributed by atoms with Gasteiger partial charge in [-0.2, -0.15) is 0 Å². The smallest absolute Gasteiger partial charge is 0.307 e. The van der Waals surface area contributed by atoms with Crippen LogP contribution in [0.3, 0.4) is 0 Å². The summed E-state index contributed by atoms with van der Waals surface area (Å²) in [5.74, 6) is -0.918. The van der Waals surface area contributed by atoms with E-state index in [1.54, 1.807) is 6.92 Å². The van der Waals surface area contributed by atoms with Gasteiger partial charge in [-0.25, -0.2) is 0 Å². The number of hydrogen-bond donors (Lipinski definition) is 1. The number of carboxylic acids is 1. The zero-order valence-corrected chi connectivity index (χ0v) is 8.49. The molecule has 0 radical (unpaired) electrons. The molecule has 0 amide bonds. The minimum atomic E-state index is -0.683. The van der Waals surface area contributed by atoms with E-state index in [9.17, 15) is 4.79 Å². The maximum atomic E-state index is 10.7. The summed E-state index contributed by atoms with van der Waals surface area (Å²) < 4.78 is 0. The molecule has 1 N–H and O–H groups in total. The van der Waals surface area contributed by atoms with Gasteiger partial charge in [-0.15, -0.1) is 0 Å². The molecule has 2 unspecified atom stereocenters. The van der Waals surface area contributed by atoms with E-state index in [1.807, 2.05) is 0 Å². The minimum absolute atomic E-state index is 0.236. The third-order valence-corrected chi connectivity index (χ3v) is 2.87. The summed E-state index contributed by atoms with van der Waals surface area (Å²) in [5.41, 5.74) is 0. The zero-order chi connectivity index (χ0) is 9.84. The number of carbonyl (C=O) groups is 1. The van der Waals surface area contributed by atoms with E-state index in [2.05, 4.69) is 11.8 Å². The molecule has 2 atom stereocenters. The number of carboxylic acid groups (broad SMARTS) is 1. The van der Waals surface area contributed by atoms with Crippen molar-refractivity contribution in [3.63, 3.8) is 0 Å². The summed E-state index contributed by atoms with van der Waals surface area (Å²) in [6, 6.07) is 0.565. The average molecular weight is 185 g/mol. The van der Waals surface area contributed by atoms with Gasteiger partial charge in [0.05, 0.1) is 5.92 Å². The molecule has 0 aromatic carbocycles. The van der Waals surface area contributed by atoms with Crippen LogP contribution >= 0.6 is 0 Å². The van der Waals surface area contributed by atoms with Crippen LogP contribution in [0.5, 0.6) is 0 Å². The maximum absolute atomic E-state index is 10.7. The quantitative estimate of drug-likeness (QED) is 0.725. The molecule has 1 heterocycles. The van der Waals surface area contributed by atoms with Gasteiger partial charge in [0, 0.05) is 12.6 Å². The van der Waals surface area contributed by atoms with E-state index in [4.69, 9.17) is 5.11 Å². The van der Waals surface area contributed by atoms with Crippen molar-refractivity contribution in [2.24, 2.45) is 5.92 Å². The molecule has 1 rings (SSSR count). The first-order valence-corrected chi connectivity index (χ1v) is 5.08. The molecule has 0 saturated carbocycles. The molecule has 0 aromatic heterocycles. The number of rotatable bonds is 3. The molecular weight excluding hydrogens is 166 g/mol. The molecule has 0 aromatic rings. The van der Waals surface area contributed by atoms with Crippen molar-refractivity contribution < 1.29 is 9.90 Å². The van der Waals surface area contributed by atoms with Gasteiger partial charge < -0.3 is 5.11 Å². The largest absolute Gasteiger partial charge is 0.481 e. The third kappa shape index (κ3) is 2.99. The topological polar surface area (TPSA) is 40.5 Å². The van der Waals surface area contributed by atoms with Crippen LogP contribution in [0.2, 0.25) is 0 Å². The Hall–Kier alpha value is -0.570. The van der Waals surface area contributed by atoms with Gasteiger partial charge in [0.1, 0.15) is 0 Å². The number of nitrogens with zero attached hydrogens (tertiary/aromatic N) is 1. The van der Waals surface area contributed by atoms with Crippen molar-refractivity contribution in [2.45, 2.75) is 39.2 Å². The Morgan fingerprint density at radius 3 is 2.85 bits per heavy atom. The van der Waals surface area contributed by atoms with Crippen LogP contribution in [0.15, 0.2) is 0 Å². The SMILES string of the molecule is CC(CN1CCCCC1C)C(=O)O. The molecule has 1 saturated heterocycles. The Morgan fingerprint density at radius 2 is 2.31 bits per heavy atom. The molecular formula is C10H19NO2. The molecule has 0 bridgehead atoms. The van der Waals surface area contributed by atoms with Crippen molar-refractivity contribution in [3.05, 3.63) is 0 Å².